The molecule has 1 nitrogen and oxygen atoms in total. The van der Waals surface area contributed by atoms with Gasteiger partial charge < -0.3 is 0 Å². The van der Waals surface area contributed by atoms with Crippen LogP contribution in [-0.2, 0) is 0 Å². The van der Waals surface area contributed by atoms with Gasteiger partial charge in [0.1, 0.15) is 0 Å². The van der Waals surface area contributed by atoms with Crippen molar-refractivity contribution < 1.29 is 4.79 Å². The zero-order valence-corrected chi connectivity index (χ0v) is 10.4. The third kappa shape index (κ3) is 2.28. The topological polar surface area (TPSA) is 17.1 Å². The lowest BCUT2D eigenvalue weighted by atomic mass is 9.93. The Morgan fingerprint density at radius 1 is 1.06 bits per heavy atom. The van der Waals surface area contributed by atoms with Crippen LogP contribution in [0.5, 0.6) is 0 Å². The standard InChI is InChI=1S/C16H15O/c1-11-9-12(2)15(13(3)10-11)16(17)14-7-5-4-6-8-14/h4-7,9-10H,1-3H3. The molecule has 0 spiro atoms. The fourth-order valence-corrected chi connectivity index (χ4v) is 2.21. The summed E-state index contributed by atoms with van der Waals surface area (Å²) in [5, 5.41) is 0. The van der Waals surface area contributed by atoms with Gasteiger partial charge in [0.05, 0.1) is 0 Å². The lowest BCUT2D eigenvalue weighted by Crippen LogP contribution is -2.06. The van der Waals surface area contributed by atoms with Crippen molar-refractivity contribution in [2.24, 2.45) is 0 Å². The van der Waals surface area contributed by atoms with Crippen molar-refractivity contribution in [2.75, 3.05) is 0 Å². The molecule has 85 valence electrons. The lowest BCUT2D eigenvalue weighted by molar-refractivity contribution is 0.103. The summed E-state index contributed by atoms with van der Waals surface area (Å²) < 4.78 is 0. The highest BCUT2D eigenvalue weighted by Crippen LogP contribution is 2.19. The number of aryl methyl sites for hydroxylation is 3. The van der Waals surface area contributed by atoms with E-state index >= 15 is 0 Å². The van der Waals surface area contributed by atoms with Gasteiger partial charge in [-0.25, -0.2) is 0 Å². The van der Waals surface area contributed by atoms with Crippen molar-refractivity contribution in [3.63, 3.8) is 0 Å². The van der Waals surface area contributed by atoms with E-state index in [0.29, 0.717) is 5.56 Å². The molecule has 0 amide bonds. The van der Waals surface area contributed by atoms with Crippen molar-refractivity contribution in [3.8, 4) is 0 Å². The fourth-order valence-electron chi connectivity index (χ4n) is 2.21. The lowest BCUT2D eigenvalue weighted by Gasteiger charge is -2.10. The molecule has 0 saturated carbocycles. The van der Waals surface area contributed by atoms with Crippen LogP contribution in [0.2, 0.25) is 0 Å². The second-order valence-corrected chi connectivity index (χ2v) is 4.38. The van der Waals surface area contributed by atoms with Gasteiger partial charge in [0.25, 0.3) is 0 Å². The third-order valence-corrected chi connectivity index (χ3v) is 2.86. The van der Waals surface area contributed by atoms with E-state index in [-0.39, 0.29) is 5.78 Å². The molecule has 1 radical (unpaired) electrons. The maximum absolute atomic E-state index is 12.4. The van der Waals surface area contributed by atoms with Gasteiger partial charge >= 0.3 is 0 Å². The molecule has 1 heteroatoms. The van der Waals surface area contributed by atoms with Crippen LogP contribution in [-0.4, -0.2) is 5.78 Å². The van der Waals surface area contributed by atoms with Gasteiger partial charge in [-0.1, -0.05) is 42.0 Å². The summed E-state index contributed by atoms with van der Waals surface area (Å²) in [4.78, 5) is 12.4. The van der Waals surface area contributed by atoms with E-state index in [9.17, 15) is 4.79 Å². The minimum absolute atomic E-state index is 0.0561. The van der Waals surface area contributed by atoms with Gasteiger partial charge in [0.15, 0.2) is 5.78 Å². The smallest absolute Gasteiger partial charge is 0.194 e. The first-order valence-electron chi connectivity index (χ1n) is 5.69. The first kappa shape index (κ1) is 11.6. The predicted octanol–water partition coefficient (Wildman–Crippen LogP) is 3.64. The van der Waals surface area contributed by atoms with E-state index in [0.717, 1.165) is 16.7 Å². The van der Waals surface area contributed by atoms with Gasteiger partial charge in [0.2, 0.25) is 0 Å². The SMILES string of the molecule is Cc1cc(C)c(C(=O)c2[c]cccc2)c(C)c1. The van der Waals surface area contributed by atoms with Crippen LogP contribution in [0.3, 0.4) is 0 Å². The summed E-state index contributed by atoms with van der Waals surface area (Å²) >= 11 is 0. The third-order valence-electron chi connectivity index (χ3n) is 2.86. The molecule has 2 aromatic carbocycles. The predicted molar refractivity (Wildman–Crippen MR) is 69.4 cm³/mol. The Bertz CT molecular complexity index is 530. The van der Waals surface area contributed by atoms with E-state index in [2.05, 4.69) is 6.07 Å². The van der Waals surface area contributed by atoms with Gasteiger partial charge in [-0.05, 0) is 38.0 Å². The summed E-state index contributed by atoms with van der Waals surface area (Å²) in [5.74, 6) is 0.0561. The summed E-state index contributed by atoms with van der Waals surface area (Å²) in [7, 11) is 0. The Morgan fingerprint density at radius 3 is 2.24 bits per heavy atom. The highest BCUT2D eigenvalue weighted by atomic mass is 16.1. The second kappa shape index (κ2) is 4.54. The Labute approximate surface area is 102 Å². The molecule has 0 aromatic heterocycles. The van der Waals surface area contributed by atoms with Crippen molar-refractivity contribution in [2.45, 2.75) is 20.8 Å². The van der Waals surface area contributed by atoms with Gasteiger partial charge in [-0.2, -0.15) is 0 Å². The minimum Gasteiger partial charge on any atom is -0.289 e. The molecule has 0 fully saturated rings. The van der Waals surface area contributed by atoms with Crippen LogP contribution < -0.4 is 0 Å². The summed E-state index contributed by atoms with van der Waals surface area (Å²) in [6.45, 7) is 6.01. The van der Waals surface area contributed by atoms with E-state index in [1.165, 1.54) is 5.56 Å². The molecule has 17 heavy (non-hydrogen) atoms. The second-order valence-electron chi connectivity index (χ2n) is 4.38. The van der Waals surface area contributed by atoms with Crippen LogP contribution >= 0.6 is 0 Å². The average Bonchev–Trinajstić information content (AvgIpc) is 2.28. The Hall–Kier alpha value is -1.89. The molecular formula is C16H15O. The number of carbonyl (C=O) groups is 1. The monoisotopic (exact) mass is 223 g/mol. The average molecular weight is 223 g/mol. The van der Waals surface area contributed by atoms with Crippen LogP contribution in [0.1, 0.15) is 32.6 Å². The Kier molecular flexibility index (Phi) is 3.10. The van der Waals surface area contributed by atoms with Crippen LogP contribution in [0.25, 0.3) is 0 Å². The Balaban J connectivity index is 2.52. The summed E-state index contributed by atoms with van der Waals surface area (Å²) in [5.41, 5.74) is 4.68. The van der Waals surface area contributed by atoms with Crippen LogP contribution in [0.4, 0.5) is 0 Å². The van der Waals surface area contributed by atoms with Gasteiger partial charge in [-0.15, -0.1) is 0 Å². The molecule has 0 aliphatic rings. The van der Waals surface area contributed by atoms with Crippen molar-refractivity contribution in [3.05, 3.63) is 70.3 Å². The molecule has 0 atom stereocenters. The van der Waals surface area contributed by atoms with Crippen LogP contribution in [0.15, 0.2) is 36.4 Å². The number of carbonyl (C=O) groups excluding carboxylic acids is 1. The molecule has 0 bridgehead atoms. The zero-order chi connectivity index (χ0) is 12.4. The van der Waals surface area contributed by atoms with E-state index < -0.39 is 0 Å². The number of hydrogen-bond donors (Lipinski definition) is 0. The molecular weight excluding hydrogens is 208 g/mol. The van der Waals surface area contributed by atoms with Crippen molar-refractivity contribution in [1.82, 2.24) is 0 Å². The minimum atomic E-state index is 0.0561. The molecule has 0 saturated heterocycles. The molecule has 2 rings (SSSR count). The zero-order valence-electron chi connectivity index (χ0n) is 10.4. The van der Waals surface area contributed by atoms with E-state index in [1.54, 1.807) is 12.1 Å². The highest BCUT2D eigenvalue weighted by molar-refractivity contribution is 6.10. The molecule has 0 heterocycles. The maximum Gasteiger partial charge on any atom is 0.194 e. The fraction of sp³-hybridized carbons (Fsp3) is 0.188. The van der Waals surface area contributed by atoms with Crippen molar-refractivity contribution in [1.29, 1.82) is 0 Å². The largest absolute Gasteiger partial charge is 0.289 e. The number of rotatable bonds is 2. The van der Waals surface area contributed by atoms with E-state index in [1.807, 2.05) is 45.0 Å². The molecule has 2 aromatic rings. The summed E-state index contributed by atoms with van der Waals surface area (Å²) in [6, 6.07) is 14.4. The molecule has 0 unspecified atom stereocenters. The summed E-state index contributed by atoms with van der Waals surface area (Å²) in [6.07, 6.45) is 0. The quantitative estimate of drug-likeness (QED) is 0.710. The highest BCUT2D eigenvalue weighted by Gasteiger charge is 2.14. The molecule has 0 aliphatic heterocycles. The molecule has 0 aliphatic carbocycles. The van der Waals surface area contributed by atoms with Gasteiger partial charge in [-0.3, -0.25) is 4.79 Å². The first-order valence-corrected chi connectivity index (χ1v) is 5.69. The first-order chi connectivity index (χ1) is 8.09. The van der Waals surface area contributed by atoms with Gasteiger partial charge in [0, 0.05) is 11.1 Å². The van der Waals surface area contributed by atoms with Crippen LogP contribution in [0, 0.1) is 26.8 Å². The number of benzene rings is 2. The normalized spacial score (nSPS) is 10.3. The van der Waals surface area contributed by atoms with E-state index in [4.69, 9.17) is 0 Å². The Morgan fingerprint density at radius 2 is 1.71 bits per heavy atom. The maximum atomic E-state index is 12.4. The molecule has 0 N–H and O–H groups in total. The number of ketones is 1. The van der Waals surface area contributed by atoms with Crippen molar-refractivity contribution >= 4 is 5.78 Å². The number of hydrogen-bond acceptors (Lipinski definition) is 1.